The molecule has 0 aliphatic heterocycles. The van der Waals surface area contributed by atoms with Crippen molar-refractivity contribution in [3.63, 3.8) is 0 Å². The van der Waals surface area contributed by atoms with Crippen LogP contribution in [0.4, 0.5) is 4.39 Å². The molecule has 0 aliphatic rings. The Balaban J connectivity index is 1.66. The molecule has 9 heteroatoms. The summed E-state index contributed by atoms with van der Waals surface area (Å²) in [7, 11) is 1.38. The van der Waals surface area contributed by atoms with E-state index in [1.54, 1.807) is 10.6 Å². The smallest absolute Gasteiger partial charge is 0.353 e. The number of hydrogen-bond acceptors (Lipinski definition) is 6. The molecule has 0 bridgehead atoms. The van der Waals surface area contributed by atoms with E-state index < -0.39 is 11.8 Å². The minimum atomic E-state index is -1.14. The number of carbonyl (C=O) groups is 1. The van der Waals surface area contributed by atoms with Crippen LogP contribution in [0.3, 0.4) is 0 Å². The summed E-state index contributed by atoms with van der Waals surface area (Å²) in [6, 6.07) is 17.5. The highest BCUT2D eigenvalue weighted by atomic mass is 32.1. The molecule has 3 heterocycles. The standard InChI is InChI=1S/C25H16FN3O4S/c1-32-20-9-7-14(11-16(20)26)21-23(25(30)31)29(12-13-6-8-17-18(10-13)28-34-27-17)22-15-4-2-3-5-19(15)33-24(21)22/h2-11H,12H2,1H3,(H,30,31). The minimum absolute atomic E-state index is 0.0144. The van der Waals surface area contributed by atoms with Crippen molar-refractivity contribution in [3.8, 4) is 16.9 Å². The number of ether oxygens (including phenoxy) is 1. The number of halogens is 1. The second-order valence-electron chi connectivity index (χ2n) is 7.83. The van der Waals surface area contributed by atoms with Gasteiger partial charge in [-0.1, -0.05) is 24.3 Å². The van der Waals surface area contributed by atoms with Gasteiger partial charge in [-0.3, -0.25) is 0 Å². The van der Waals surface area contributed by atoms with Crippen LogP contribution >= 0.6 is 11.7 Å². The van der Waals surface area contributed by atoms with E-state index in [0.29, 0.717) is 27.8 Å². The average molecular weight is 473 g/mol. The summed E-state index contributed by atoms with van der Waals surface area (Å²) in [4.78, 5) is 12.6. The van der Waals surface area contributed by atoms with Crippen molar-refractivity contribution < 1.29 is 23.4 Å². The maximum absolute atomic E-state index is 14.6. The highest BCUT2D eigenvalue weighted by Gasteiger charge is 2.29. The molecule has 34 heavy (non-hydrogen) atoms. The fourth-order valence-electron chi connectivity index (χ4n) is 4.40. The van der Waals surface area contributed by atoms with Gasteiger partial charge in [0.15, 0.2) is 17.1 Å². The summed E-state index contributed by atoms with van der Waals surface area (Å²) in [5.74, 6) is -1.65. The fourth-order valence-corrected chi connectivity index (χ4v) is 4.92. The van der Waals surface area contributed by atoms with Gasteiger partial charge in [0.05, 0.1) is 29.9 Å². The number of nitrogens with zero attached hydrogens (tertiary/aromatic N) is 3. The number of rotatable bonds is 5. The number of para-hydroxylation sites is 1. The van der Waals surface area contributed by atoms with Gasteiger partial charge >= 0.3 is 5.97 Å². The van der Waals surface area contributed by atoms with E-state index in [4.69, 9.17) is 9.15 Å². The number of benzene rings is 3. The van der Waals surface area contributed by atoms with Gasteiger partial charge in [-0.05, 0) is 47.5 Å². The first kappa shape index (κ1) is 20.4. The van der Waals surface area contributed by atoms with Crippen LogP contribution in [-0.4, -0.2) is 31.5 Å². The molecule has 0 radical (unpaired) electrons. The third-order valence-electron chi connectivity index (χ3n) is 5.87. The van der Waals surface area contributed by atoms with E-state index >= 15 is 0 Å². The number of hydrogen-bond donors (Lipinski definition) is 1. The van der Waals surface area contributed by atoms with Gasteiger partial charge in [-0.15, -0.1) is 0 Å². The summed E-state index contributed by atoms with van der Waals surface area (Å²) in [6.07, 6.45) is 0. The van der Waals surface area contributed by atoms with Crippen LogP contribution in [0.5, 0.6) is 5.75 Å². The Hall–Kier alpha value is -4.24. The number of carboxylic acids is 1. The molecular formula is C25H16FN3O4S. The van der Waals surface area contributed by atoms with Crippen molar-refractivity contribution >= 4 is 50.8 Å². The molecule has 6 rings (SSSR count). The Kier molecular flexibility index (Phi) is 4.59. The van der Waals surface area contributed by atoms with Crippen LogP contribution in [0.1, 0.15) is 16.1 Å². The summed E-state index contributed by atoms with van der Waals surface area (Å²) >= 11 is 1.13. The van der Waals surface area contributed by atoms with Crippen molar-refractivity contribution in [1.29, 1.82) is 0 Å². The quantitative estimate of drug-likeness (QED) is 0.333. The lowest BCUT2D eigenvalue weighted by atomic mass is 10.0. The van der Waals surface area contributed by atoms with Crippen molar-refractivity contribution in [2.24, 2.45) is 0 Å². The molecule has 0 aliphatic carbocycles. The molecule has 3 aromatic carbocycles. The zero-order valence-corrected chi connectivity index (χ0v) is 18.6. The fraction of sp³-hybridized carbons (Fsp3) is 0.0800. The molecule has 0 atom stereocenters. The lowest BCUT2D eigenvalue weighted by Crippen LogP contribution is -2.11. The van der Waals surface area contributed by atoms with E-state index in [1.165, 1.54) is 19.2 Å². The molecule has 0 unspecified atom stereocenters. The highest BCUT2D eigenvalue weighted by Crippen LogP contribution is 2.42. The molecular weight excluding hydrogens is 457 g/mol. The Morgan fingerprint density at radius 3 is 2.74 bits per heavy atom. The van der Waals surface area contributed by atoms with Crippen molar-refractivity contribution in [2.45, 2.75) is 6.54 Å². The van der Waals surface area contributed by atoms with Gasteiger partial charge in [0, 0.05) is 11.9 Å². The van der Waals surface area contributed by atoms with Crippen LogP contribution in [0.2, 0.25) is 0 Å². The lowest BCUT2D eigenvalue weighted by molar-refractivity contribution is 0.0687. The van der Waals surface area contributed by atoms with Gasteiger partial charge < -0.3 is 18.8 Å². The number of carboxylic acid groups (broad SMARTS) is 1. The van der Waals surface area contributed by atoms with Crippen molar-refractivity contribution in [2.75, 3.05) is 7.11 Å². The maximum atomic E-state index is 14.6. The van der Waals surface area contributed by atoms with Crippen LogP contribution < -0.4 is 4.74 Å². The minimum Gasteiger partial charge on any atom is -0.494 e. The second-order valence-corrected chi connectivity index (χ2v) is 8.36. The predicted molar refractivity (Wildman–Crippen MR) is 127 cm³/mol. The summed E-state index contributed by atoms with van der Waals surface area (Å²) in [6.45, 7) is 0.258. The first-order chi connectivity index (χ1) is 16.5. The molecule has 0 saturated carbocycles. The summed E-state index contributed by atoms with van der Waals surface area (Å²) in [5.41, 5.74) is 4.75. The van der Waals surface area contributed by atoms with E-state index in [0.717, 1.165) is 33.7 Å². The van der Waals surface area contributed by atoms with E-state index in [2.05, 4.69) is 8.75 Å². The van der Waals surface area contributed by atoms with Crippen LogP contribution in [0.25, 0.3) is 44.2 Å². The normalized spacial score (nSPS) is 11.6. The first-order valence-corrected chi connectivity index (χ1v) is 11.1. The average Bonchev–Trinajstić information content (AvgIpc) is 3.52. The Morgan fingerprint density at radius 2 is 1.94 bits per heavy atom. The lowest BCUT2D eigenvalue weighted by Gasteiger charge is -2.10. The second kappa shape index (κ2) is 7.67. The van der Waals surface area contributed by atoms with Gasteiger partial charge in [0.25, 0.3) is 0 Å². The summed E-state index contributed by atoms with van der Waals surface area (Å²) < 4.78 is 36.0. The number of methoxy groups -OCH3 is 1. The van der Waals surface area contributed by atoms with Crippen molar-refractivity contribution in [1.82, 2.24) is 13.3 Å². The number of fused-ring (bicyclic) bond motifs is 4. The van der Waals surface area contributed by atoms with Crippen LogP contribution in [0, 0.1) is 5.82 Å². The van der Waals surface area contributed by atoms with E-state index in [1.807, 2.05) is 42.5 Å². The summed E-state index contributed by atoms with van der Waals surface area (Å²) in [5, 5.41) is 11.1. The molecule has 1 N–H and O–H groups in total. The zero-order chi connectivity index (χ0) is 23.4. The van der Waals surface area contributed by atoms with Gasteiger partial charge in [0.1, 0.15) is 22.3 Å². The van der Waals surface area contributed by atoms with Gasteiger partial charge in [-0.25, -0.2) is 9.18 Å². The van der Waals surface area contributed by atoms with Crippen molar-refractivity contribution in [3.05, 3.63) is 77.7 Å². The largest absolute Gasteiger partial charge is 0.494 e. The molecule has 168 valence electrons. The topological polar surface area (TPSA) is 90.4 Å². The number of aromatic nitrogens is 3. The third kappa shape index (κ3) is 3.05. The van der Waals surface area contributed by atoms with Gasteiger partial charge in [-0.2, -0.15) is 8.75 Å². The molecule has 6 aromatic rings. The zero-order valence-electron chi connectivity index (χ0n) is 17.8. The Labute approximate surface area is 195 Å². The number of aromatic carboxylic acids is 1. The third-order valence-corrected chi connectivity index (χ3v) is 6.43. The molecule has 0 fully saturated rings. The van der Waals surface area contributed by atoms with Crippen LogP contribution in [0.15, 0.2) is 65.1 Å². The van der Waals surface area contributed by atoms with Gasteiger partial charge in [0.2, 0.25) is 0 Å². The number of furan rings is 1. The SMILES string of the molecule is COc1ccc(-c2c(C(=O)O)n(Cc3ccc4nsnc4c3)c3c2oc2ccccc23)cc1F. The first-order valence-electron chi connectivity index (χ1n) is 10.4. The Bertz CT molecular complexity index is 1730. The Morgan fingerprint density at radius 1 is 1.12 bits per heavy atom. The van der Waals surface area contributed by atoms with E-state index in [-0.39, 0.29) is 18.0 Å². The van der Waals surface area contributed by atoms with Crippen LogP contribution in [-0.2, 0) is 6.54 Å². The van der Waals surface area contributed by atoms with E-state index in [9.17, 15) is 14.3 Å². The molecule has 0 saturated heterocycles. The predicted octanol–water partition coefficient (Wildman–Crippen LogP) is 5.95. The maximum Gasteiger partial charge on any atom is 0.353 e. The molecule has 7 nitrogen and oxygen atoms in total. The molecule has 3 aromatic heterocycles. The molecule has 0 amide bonds. The highest BCUT2D eigenvalue weighted by molar-refractivity contribution is 7.00. The molecule has 0 spiro atoms. The monoisotopic (exact) mass is 473 g/mol.